The Hall–Kier alpha value is -0.160. The second-order valence-electron chi connectivity index (χ2n) is 4.54. The highest BCUT2D eigenvalue weighted by Crippen LogP contribution is 1.99. The Morgan fingerprint density at radius 1 is 1.12 bits per heavy atom. The zero-order chi connectivity index (χ0) is 11.6. The summed E-state index contributed by atoms with van der Waals surface area (Å²) in [5.74, 6) is 0. The maximum atomic E-state index is 8.67. The van der Waals surface area contributed by atoms with E-state index in [0.29, 0.717) is 6.61 Å². The minimum atomic E-state index is 0.331. The Labute approximate surface area is 99.2 Å². The molecule has 1 heterocycles. The van der Waals surface area contributed by atoms with Gasteiger partial charge in [0.15, 0.2) is 0 Å². The number of hydrogen-bond donors (Lipinski definition) is 1. The lowest BCUT2D eigenvalue weighted by atomic mass is 10.2. The van der Waals surface area contributed by atoms with Gasteiger partial charge in [0, 0.05) is 32.8 Å². The standard InChI is InChI=1S/C12H26N2O2/c1-13(5-3-2-4-10-15)6-7-14-8-11-16-12-9-14/h15H,2-12H2,1H3. The molecule has 0 radical (unpaired) electrons. The van der Waals surface area contributed by atoms with Crippen LogP contribution in [0, 0.1) is 0 Å². The molecule has 1 fully saturated rings. The molecule has 1 aliphatic heterocycles. The second-order valence-corrected chi connectivity index (χ2v) is 4.54. The van der Waals surface area contributed by atoms with Gasteiger partial charge in [0.1, 0.15) is 0 Å². The summed E-state index contributed by atoms with van der Waals surface area (Å²) < 4.78 is 5.32. The number of rotatable bonds is 8. The van der Waals surface area contributed by atoms with Crippen molar-refractivity contribution in [3.8, 4) is 0 Å². The average molecular weight is 230 g/mol. The van der Waals surface area contributed by atoms with Gasteiger partial charge in [-0.1, -0.05) is 0 Å². The van der Waals surface area contributed by atoms with Crippen molar-refractivity contribution >= 4 is 0 Å². The highest BCUT2D eigenvalue weighted by atomic mass is 16.5. The average Bonchev–Trinajstić information content (AvgIpc) is 2.33. The molecule has 0 aromatic carbocycles. The molecule has 0 bridgehead atoms. The van der Waals surface area contributed by atoms with Crippen molar-refractivity contribution in [1.29, 1.82) is 0 Å². The molecule has 0 amide bonds. The molecule has 0 aliphatic carbocycles. The quantitative estimate of drug-likeness (QED) is 0.613. The first-order valence-corrected chi connectivity index (χ1v) is 6.42. The molecule has 4 heteroatoms. The topological polar surface area (TPSA) is 35.9 Å². The van der Waals surface area contributed by atoms with Crippen molar-refractivity contribution < 1.29 is 9.84 Å². The van der Waals surface area contributed by atoms with E-state index in [1.54, 1.807) is 0 Å². The second kappa shape index (κ2) is 8.93. The van der Waals surface area contributed by atoms with Crippen molar-refractivity contribution in [1.82, 2.24) is 9.80 Å². The van der Waals surface area contributed by atoms with Crippen molar-refractivity contribution in [2.45, 2.75) is 19.3 Å². The Morgan fingerprint density at radius 2 is 1.88 bits per heavy atom. The van der Waals surface area contributed by atoms with Crippen molar-refractivity contribution in [2.75, 3.05) is 59.6 Å². The Balaban J connectivity index is 1.94. The summed E-state index contributed by atoms with van der Waals surface area (Å²) in [6.45, 7) is 7.71. The van der Waals surface area contributed by atoms with Crippen molar-refractivity contribution in [2.24, 2.45) is 0 Å². The summed E-state index contributed by atoms with van der Waals surface area (Å²) in [7, 11) is 2.18. The van der Waals surface area contributed by atoms with Gasteiger partial charge in [-0.2, -0.15) is 0 Å². The summed E-state index contributed by atoms with van der Waals surface area (Å²) >= 11 is 0. The van der Waals surface area contributed by atoms with E-state index in [2.05, 4.69) is 16.8 Å². The lowest BCUT2D eigenvalue weighted by Crippen LogP contribution is -2.40. The van der Waals surface area contributed by atoms with E-state index in [1.807, 2.05) is 0 Å². The van der Waals surface area contributed by atoms with Gasteiger partial charge in [-0.15, -0.1) is 0 Å². The van der Waals surface area contributed by atoms with Crippen LogP contribution < -0.4 is 0 Å². The number of likely N-dealkylation sites (N-methyl/N-ethyl adjacent to an activating group) is 1. The van der Waals surface area contributed by atoms with E-state index in [0.717, 1.165) is 58.8 Å². The fourth-order valence-electron chi connectivity index (χ4n) is 1.92. The molecule has 1 N–H and O–H groups in total. The monoisotopic (exact) mass is 230 g/mol. The molecule has 1 saturated heterocycles. The summed E-state index contributed by atoms with van der Waals surface area (Å²) in [6.07, 6.45) is 3.27. The van der Waals surface area contributed by atoms with Gasteiger partial charge >= 0.3 is 0 Å². The first kappa shape index (κ1) is 13.9. The minimum Gasteiger partial charge on any atom is -0.396 e. The van der Waals surface area contributed by atoms with E-state index in [9.17, 15) is 0 Å². The number of hydrogen-bond acceptors (Lipinski definition) is 4. The summed E-state index contributed by atoms with van der Waals surface area (Å²) in [5.41, 5.74) is 0. The molecule has 1 aliphatic rings. The van der Waals surface area contributed by atoms with Crippen LogP contribution in [0.2, 0.25) is 0 Å². The van der Waals surface area contributed by atoms with Crippen LogP contribution in [0.5, 0.6) is 0 Å². The maximum absolute atomic E-state index is 8.67. The molecule has 96 valence electrons. The number of aliphatic hydroxyl groups is 1. The molecule has 0 spiro atoms. The first-order chi connectivity index (χ1) is 7.83. The van der Waals surface area contributed by atoms with E-state index >= 15 is 0 Å². The normalized spacial score (nSPS) is 18.2. The Morgan fingerprint density at radius 3 is 2.56 bits per heavy atom. The van der Waals surface area contributed by atoms with Crippen molar-refractivity contribution in [3.63, 3.8) is 0 Å². The third-order valence-electron chi connectivity index (χ3n) is 3.10. The molecule has 0 unspecified atom stereocenters. The van der Waals surface area contributed by atoms with Gasteiger partial charge in [-0.05, 0) is 32.9 Å². The predicted molar refractivity (Wildman–Crippen MR) is 65.7 cm³/mol. The summed E-state index contributed by atoms with van der Waals surface area (Å²) in [6, 6.07) is 0. The molecule has 1 rings (SSSR count). The van der Waals surface area contributed by atoms with Gasteiger partial charge in [0.05, 0.1) is 13.2 Å². The van der Waals surface area contributed by atoms with Gasteiger partial charge < -0.3 is 14.7 Å². The third-order valence-corrected chi connectivity index (χ3v) is 3.10. The number of unbranched alkanes of at least 4 members (excludes halogenated alkanes) is 2. The van der Waals surface area contributed by atoms with Crippen molar-refractivity contribution in [3.05, 3.63) is 0 Å². The van der Waals surface area contributed by atoms with Crippen LogP contribution in [0.15, 0.2) is 0 Å². The van der Waals surface area contributed by atoms with Gasteiger partial charge in [0.2, 0.25) is 0 Å². The first-order valence-electron chi connectivity index (χ1n) is 6.42. The molecular weight excluding hydrogens is 204 g/mol. The number of morpholine rings is 1. The fraction of sp³-hybridized carbons (Fsp3) is 1.00. The van der Waals surface area contributed by atoms with E-state index < -0.39 is 0 Å². The van der Waals surface area contributed by atoms with Crippen LogP contribution in [0.25, 0.3) is 0 Å². The van der Waals surface area contributed by atoms with Crippen LogP contribution in [0.1, 0.15) is 19.3 Å². The lowest BCUT2D eigenvalue weighted by Gasteiger charge is -2.28. The van der Waals surface area contributed by atoms with E-state index in [-0.39, 0.29) is 0 Å². The largest absolute Gasteiger partial charge is 0.396 e. The van der Waals surface area contributed by atoms with Crippen LogP contribution >= 0.6 is 0 Å². The van der Waals surface area contributed by atoms with Crippen LogP contribution in [-0.4, -0.2) is 74.5 Å². The van der Waals surface area contributed by atoms with Gasteiger partial charge in [0.25, 0.3) is 0 Å². The highest BCUT2D eigenvalue weighted by molar-refractivity contribution is 4.64. The Kier molecular flexibility index (Phi) is 7.76. The number of nitrogens with zero attached hydrogens (tertiary/aromatic N) is 2. The van der Waals surface area contributed by atoms with Crippen LogP contribution in [-0.2, 0) is 4.74 Å². The van der Waals surface area contributed by atoms with E-state index in [4.69, 9.17) is 9.84 Å². The lowest BCUT2D eigenvalue weighted by molar-refractivity contribution is 0.0344. The SMILES string of the molecule is CN(CCCCCO)CCN1CCOCC1. The molecule has 0 saturated carbocycles. The molecule has 0 aromatic heterocycles. The van der Waals surface area contributed by atoms with Crippen LogP contribution in [0.3, 0.4) is 0 Å². The third kappa shape index (κ3) is 6.43. The Bertz CT molecular complexity index is 161. The van der Waals surface area contributed by atoms with Gasteiger partial charge in [-0.3, -0.25) is 4.90 Å². The minimum absolute atomic E-state index is 0.331. The molecular formula is C12H26N2O2. The number of ether oxygens (including phenoxy) is 1. The maximum Gasteiger partial charge on any atom is 0.0594 e. The highest BCUT2D eigenvalue weighted by Gasteiger charge is 2.10. The molecule has 4 nitrogen and oxygen atoms in total. The fourth-order valence-corrected chi connectivity index (χ4v) is 1.92. The van der Waals surface area contributed by atoms with Crippen LogP contribution in [0.4, 0.5) is 0 Å². The van der Waals surface area contributed by atoms with Gasteiger partial charge in [-0.25, -0.2) is 0 Å². The van der Waals surface area contributed by atoms with E-state index in [1.165, 1.54) is 6.42 Å². The summed E-state index contributed by atoms with van der Waals surface area (Å²) in [5, 5.41) is 8.67. The zero-order valence-corrected chi connectivity index (χ0v) is 10.5. The smallest absolute Gasteiger partial charge is 0.0594 e. The molecule has 16 heavy (non-hydrogen) atoms. The zero-order valence-electron chi connectivity index (χ0n) is 10.5. The number of aliphatic hydroxyl groups excluding tert-OH is 1. The summed E-state index contributed by atoms with van der Waals surface area (Å²) in [4.78, 5) is 4.85. The molecule has 0 aromatic rings. The predicted octanol–water partition coefficient (Wildman–Crippen LogP) is 0.413. The molecule has 0 atom stereocenters.